The molecule has 0 aromatic rings. The molecule has 0 aromatic heterocycles. The summed E-state index contributed by atoms with van der Waals surface area (Å²) < 4.78 is 0. The van der Waals surface area contributed by atoms with E-state index >= 15 is 0 Å². The van der Waals surface area contributed by atoms with E-state index in [-0.39, 0.29) is 23.9 Å². The molecule has 0 heterocycles. The summed E-state index contributed by atoms with van der Waals surface area (Å²) in [5.74, 6) is -0.307. The Bertz CT molecular complexity index is 338. The summed E-state index contributed by atoms with van der Waals surface area (Å²) in [7, 11) is 0. The molecular weight excluding hydrogens is 244 g/mol. The van der Waals surface area contributed by atoms with Crippen molar-refractivity contribution in [3.8, 4) is 0 Å². The molecule has 1 unspecified atom stereocenters. The number of rotatable bonds is 7. The largest absolute Gasteiger partial charge is 0.481 e. The molecule has 5 nitrogen and oxygen atoms in total. The Labute approximate surface area is 115 Å². The Morgan fingerprint density at radius 2 is 1.89 bits per heavy atom. The lowest BCUT2D eigenvalue weighted by molar-refractivity contribution is -0.138. The molecule has 0 aromatic carbocycles. The fraction of sp³-hybridized carbons (Fsp3) is 0.857. The fourth-order valence-corrected chi connectivity index (χ4v) is 2.49. The van der Waals surface area contributed by atoms with Crippen molar-refractivity contribution in [2.24, 2.45) is 11.3 Å². The van der Waals surface area contributed by atoms with Gasteiger partial charge in [0.2, 0.25) is 0 Å². The number of aliphatic carboxylic acids is 1. The minimum atomic E-state index is -0.875. The zero-order valence-corrected chi connectivity index (χ0v) is 12.4. The van der Waals surface area contributed by atoms with Gasteiger partial charge in [0.25, 0.3) is 0 Å². The van der Waals surface area contributed by atoms with Crippen molar-refractivity contribution in [1.29, 1.82) is 0 Å². The van der Waals surface area contributed by atoms with Gasteiger partial charge in [0.15, 0.2) is 0 Å². The first-order valence-corrected chi connectivity index (χ1v) is 7.08. The van der Waals surface area contributed by atoms with E-state index in [2.05, 4.69) is 19.2 Å². The van der Waals surface area contributed by atoms with Crippen molar-refractivity contribution in [3.05, 3.63) is 0 Å². The number of carboxylic acid groups (broad SMARTS) is 1. The predicted molar refractivity (Wildman–Crippen MR) is 74.0 cm³/mol. The van der Waals surface area contributed by atoms with Gasteiger partial charge in [-0.3, -0.25) is 4.79 Å². The number of carbonyl (C=O) groups is 2. The summed E-state index contributed by atoms with van der Waals surface area (Å²) in [6, 6.07) is -0.431. The van der Waals surface area contributed by atoms with Crippen LogP contribution in [0.4, 0.5) is 4.79 Å². The third-order valence-electron chi connectivity index (χ3n) is 4.31. The number of amides is 2. The van der Waals surface area contributed by atoms with E-state index in [0.717, 1.165) is 0 Å². The number of hydrogen-bond acceptors (Lipinski definition) is 2. The van der Waals surface area contributed by atoms with E-state index < -0.39 is 5.97 Å². The molecule has 1 atom stereocenters. The molecule has 0 saturated heterocycles. The molecule has 0 aliphatic heterocycles. The fourth-order valence-electron chi connectivity index (χ4n) is 2.49. The van der Waals surface area contributed by atoms with Crippen LogP contribution in [0.1, 0.15) is 47.0 Å². The maximum Gasteiger partial charge on any atom is 0.317 e. The Hall–Kier alpha value is -1.26. The normalized spacial score (nSPS) is 17.9. The van der Waals surface area contributed by atoms with Gasteiger partial charge in [-0.05, 0) is 38.0 Å². The Kier molecular flexibility index (Phi) is 5.20. The third-order valence-corrected chi connectivity index (χ3v) is 4.31. The Balaban J connectivity index is 2.48. The lowest BCUT2D eigenvalue weighted by Gasteiger charge is -2.29. The van der Waals surface area contributed by atoms with E-state index in [1.54, 1.807) is 11.8 Å². The van der Waals surface area contributed by atoms with Crippen LogP contribution in [0, 0.1) is 11.3 Å². The first kappa shape index (κ1) is 15.8. The number of nitrogens with zero attached hydrogens (tertiary/aromatic N) is 1. The van der Waals surface area contributed by atoms with Crippen LogP contribution in [-0.4, -0.2) is 41.1 Å². The topological polar surface area (TPSA) is 69.6 Å². The van der Waals surface area contributed by atoms with Crippen molar-refractivity contribution in [2.45, 2.75) is 53.0 Å². The van der Waals surface area contributed by atoms with Gasteiger partial charge in [-0.25, -0.2) is 4.79 Å². The SMILES string of the molecule is CCN(C(=O)NCC1(C(C)C)CC1)C(C)CC(=O)O. The van der Waals surface area contributed by atoms with Crippen LogP contribution < -0.4 is 5.32 Å². The van der Waals surface area contributed by atoms with Gasteiger partial charge >= 0.3 is 12.0 Å². The van der Waals surface area contributed by atoms with Gasteiger partial charge in [-0.1, -0.05) is 13.8 Å². The first-order chi connectivity index (χ1) is 8.82. The van der Waals surface area contributed by atoms with Crippen molar-refractivity contribution in [1.82, 2.24) is 10.2 Å². The van der Waals surface area contributed by atoms with Gasteiger partial charge in [0.1, 0.15) is 0 Å². The molecule has 1 aliphatic rings. The molecule has 1 saturated carbocycles. The van der Waals surface area contributed by atoms with Gasteiger partial charge in [-0.15, -0.1) is 0 Å². The molecule has 1 rings (SSSR count). The second-order valence-corrected chi connectivity index (χ2v) is 5.91. The average Bonchev–Trinajstić information content (AvgIpc) is 3.07. The molecule has 0 spiro atoms. The number of carbonyl (C=O) groups excluding carboxylic acids is 1. The smallest absolute Gasteiger partial charge is 0.317 e. The van der Waals surface area contributed by atoms with E-state index in [4.69, 9.17) is 5.11 Å². The summed E-state index contributed by atoms with van der Waals surface area (Å²) in [4.78, 5) is 24.4. The van der Waals surface area contributed by atoms with Crippen molar-refractivity contribution in [2.75, 3.05) is 13.1 Å². The minimum absolute atomic E-state index is 0.0173. The zero-order chi connectivity index (χ0) is 14.6. The maximum atomic E-state index is 12.1. The molecule has 5 heteroatoms. The Morgan fingerprint density at radius 1 is 1.32 bits per heavy atom. The summed E-state index contributed by atoms with van der Waals surface area (Å²) in [6.07, 6.45) is 2.32. The van der Waals surface area contributed by atoms with Crippen LogP contribution in [0.25, 0.3) is 0 Å². The summed E-state index contributed by atoms with van der Waals surface area (Å²) in [6.45, 7) is 9.22. The van der Waals surface area contributed by atoms with E-state index in [9.17, 15) is 9.59 Å². The van der Waals surface area contributed by atoms with E-state index in [0.29, 0.717) is 19.0 Å². The zero-order valence-electron chi connectivity index (χ0n) is 12.4. The highest BCUT2D eigenvalue weighted by Crippen LogP contribution is 2.51. The molecule has 0 radical (unpaired) electrons. The molecule has 110 valence electrons. The van der Waals surface area contributed by atoms with Gasteiger partial charge in [0.05, 0.1) is 6.42 Å². The molecule has 0 bridgehead atoms. The van der Waals surface area contributed by atoms with Gasteiger partial charge < -0.3 is 15.3 Å². The highest BCUT2D eigenvalue weighted by atomic mass is 16.4. The molecule has 2 N–H and O–H groups in total. The highest BCUT2D eigenvalue weighted by molar-refractivity contribution is 5.76. The maximum absolute atomic E-state index is 12.1. The van der Waals surface area contributed by atoms with Crippen LogP contribution in [-0.2, 0) is 4.79 Å². The van der Waals surface area contributed by atoms with Gasteiger partial charge in [-0.2, -0.15) is 0 Å². The monoisotopic (exact) mass is 270 g/mol. The average molecular weight is 270 g/mol. The minimum Gasteiger partial charge on any atom is -0.481 e. The molecular formula is C14H26N2O3. The van der Waals surface area contributed by atoms with E-state index in [1.165, 1.54) is 12.8 Å². The van der Waals surface area contributed by atoms with Crippen LogP contribution in [0.3, 0.4) is 0 Å². The third kappa shape index (κ3) is 4.11. The molecule has 19 heavy (non-hydrogen) atoms. The Morgan fingerprint density at radius 3 is 2.26 bits per heavy atom. The van der Waals surface area contributed by atoms with E-state index in [1.807, 2.05) is 6.92 Å². The first-order valence-electron chi connectivity index (χ1n) is 7.08. The number of nitrogens with one attached hydrogen (secondary N) is 1. The highest BCUT2D eigenvalue weighted by Gasteiger charge is 2.45. The van der Waals surface area contributed by atoms with Crippen LogP contribution in [0.15, 0.2) is 0 Å². The number of hydrogen-bond donors (Lipinski definition) is 2. The standard InChI is InChI=1S/C14H26N2O3/c1-5-16(11(4)8-12(17)18)13(19)15-9-14(6-7-14)10(2)3/h10-11H,5-9H2,1-4H3,(H,15,19)(H,17,18). The lowest BCUT2D eigenvalue weighted by atomic mass is 9.92. The predicted octanol–water partition coefficient (Wildman–Crippen LogP) is 2.32. The second kappa shape index (κ2) is 6.26. The van der Waals surface area contributed by atoms with Crippen molar-refractivity contribution in [3.63, 3.8) is 0 Å². The molecule has 1 aliphatic carbocycles. The summed E-state index contributed by atoms with van der Waals surface area (Å²) in [5, 5.41) is 11.8. The summed E-state index contributed by atoms with van der Waals surface area (Å²) in [5.41, 5.74) is 0.269. The second-order valence-electron chi connectivity index (χ2n) is 5.91. The lowest BCUT2D eigenvalue weighted by Crippen LogP contribution is -2.47. The van der Waals surface area contributed by atoms with Gasteiger partial charge in [0, 0.05) is 19.1 Å². The number of urea groups is 1. The molecule has 2 amide bonds. The summed E-state index contributed by atoms with van der Waals surface area (Å²) >= 11 is 0. The van der Waals surface area contributed by atoms with Crippen molar-refractivity contribution < 1.29 is 14.7 Å². The number of carboxylic acids is 1. The van der Waals surface area contributed by atoms with Crippen LogP contribution >= 0.6 is 0 Å². The van der Waals surface area contributed by atoms with Crippen LogP contribution in [0.2, 0.25) is 0 Å². The molecule has 1 fully saturated rings. The van der Waals surface area contributed by atoms with Crippen molar-refractivity contribution >= 4 is 12.0 Å². The quantitative estimate of drug-likeness (QED) is 0.746. The van der Waals surface area contributed by atoms with Crippen LogP contribution in [0.5, 0.6) is 0 Å².